The van der Waals surface area contributed by atoms with Gasteiger partial charge in [-0.25, -0.2) is 9.67 Å². The van der Waals surface area contributed by atoms with Gasteiger partial charge in [-0.05, 0) is 39.0 Å². The van der Waals surface area contributed by atoms with Crippen molar-refractivity contribution in [3.8, 4) is 5.82 Å². The second-order valence-electron chi connectivity index (χ2n) is 6.86. The summed E-state index contributed by atoms with van der Waals surface area (Å²) < 4.78 is 1.70. The van der Waals surface area contributed by atoms with Gasteiger partial charge in [0.25, 0.3) is 5.91 Å². The molecule has 9 heteroatoms. The highest BCUT2D eigenvalue weighted by Gasteiger charge is 2.26. The number of hydrogen-bond acceptors (Lipinski definition) is 5. The quantitative estimate of drug-likeness (QED) is 0.815. The van der Waals surface area contributed by atoms with Crippen molar-refractivity contribution in [3.05, 3.63) is 40.3 Å². The van der Waals surface area contributed by atoms with E-state index in [0.717, 1.165) is 11.4 Å². The van der Waals surface area contributed by atoms with Crippen LogP contribution in [-0.2, 0) is 4.79 Å². The number of pyridine rings is 1. The summed E-state index contributed by atoms with van der Waals surface area (Å²) in [6, 6.07) is 5.38. The molecule has 0 aliphatic carbocycles. The zero-order valence-corrected chi connectivity index (χ0v) is 17.2. The SMILES string of the molecule is CCNC(=O)CN1CCN(C(=O)c2nc(-n3nc(C)cc3C)ccc2Cl)CC1. The van der Waals surface area contributed by atoms with Gasteiger partial charge in [-0.3, -0.25) is 14.5 Å². The predicted molar refractivity (Wildman–Crippen MR) is 107 cm³/mol. The Labute approximate surface area is 169 Å². The highest BCUT2D eigenvalue weighted by Crippen LogP contribution is 2.20. The number of halogens is 1. The number of hydrogen-bond donors (Lipinski definition) is 1. The molecular weight excluding hydrogens is 380 g/mol. The first kappa shape index (κ1) is 20.3. The summed E-state index contributed by atoms with van der Waals surface area (Å²) in [6.07, 6.45) is 0. The molecule has 1 N–H and O–H groups in total. The van der Waals surface area contributed by atoms with Crippen molar-refractivity contribution < 1.29 is 9.59 Å². The molecule has 2 aromatic rings. The Morgan fingerprint density at radius 1 is 1.18 bits per heavy atom. The lowest BCUT2D eigenvalue weighted by Gasteiger charge is -2.34. The van der Waals surface area contributed by atoms with E-state index in [-0.39, 0.29) is 17.5 Å². The van der Waals surface area contributed by atoms with E-state index in [2.05, 4.69) is 15.4 Å². The van der Waals surface area contributed by atoms with Crippen LogP contribution in [0.2, 0.25) is 5.02 Å². The number of aryl methyl sites for hydroxylation is 2. The molecule has 0 spiro atoms. The molecule has 0 radical (unpaired) electrons. The molecule has 0 atom stereocenters. The summed E-state index contributed by atoms with van der Waals surface area (Å²) in [5.41, 5.74) is 2.04. The highest BCUT2D eigenvalue weighted by molar-refractivity contribution is 6.33. The number of likely N-dealkylation sites (N-methyl/N-ethyl adjacent to an activating group) is 1. The number of aromatic nitrogens is 3. The van der Waals surface area contributed by atoms with E-state index in [9.17, 15) is 9.59 Å². The molecule has 28 heavy (non-hydrogen) atoms. The molecule has 0 bridgehead atoms. The molecule has 1 fully saturated rings. The van der Waals surface area contributed by atoms with Gasteiger partial charge in [0, 0.05) is 38.4 Å². The minimum absolute atomic E-state index is 0.00424. The minimum atomic E-state index is -0.203. The third-order valence-corrected chi connectivity index (χ3v) is 4.97. The van der Waals surface area contributed by atoms with Crippen LogP contribution in [0.25, 0.3) is 5.82 Å². The first-order valence-corrected chi connectivity index (χ1v) is 9.75. The molecule has 0 unspecified atom stereocenters. The molecule has 3 heterocycles. The Balaban J connectivity index is 1.70. The van der Waals surface area contributed by atoms with E-state index in [1.54, 1.807) is 21.7 Å². The summed E-state index contributed by atoms with van der Waals surface area (Å²) >= 11 is 6.27. The van der Waals surface area contributed by atoms with E-state index in [0.29, 0.717) is 50.1 Å². The molecule has 2 aromatic heterocycles. The highest BCUT2D eigenvalue weighted by atomic mass is 35.5. The number of amides is 2. The van der Waals surface area contributed by atoms with E-state index in [1.807, 2.05) is 31.7 Å². The van der Waals surface area contributed by atoms with E-state index in [1.165, 1.54) is 0 Å². The summed E-state index contributed by atoms with van der Waals surface area (Å²) in [4.78, 5) is 33.0. The van der Waals surface area contributed by atoms with Gasteiger partial charge in [0.1, 0.15) is 5.69 Å². The van der Waals surface area contributed by atoms with Crippen molar-refractivity contribution in [2.75, 3.05) is 39.3 Å². The Bertz CT molecular complexity index is 873. The normalized spacial score (nSPS) is 14.9. The fourth-order valence-electron chi connectivity index (χ4n) is 3.28. The van der Waals surface area contributed by atoms with Crippen LogP contribution in [0, 0.1) is 13.8 Å². The van der Waals surface area contributed by atoms with Crippen LogP contribution in [0.3, 0.4) is 0 Å². The maximum atomic E-state index is 13.0. The van der Waals surface area contributed by atoms with E-state index >= 15 is 0 Å². The molecule has 1 aliphatic heterocycles. The molecule has 0 saturated carbocycles. The van der Waals surface area contributed by atoms with Gasteiger partial charge in [0.15, 0.2) is 5.82 Å². The van der Waals surface area contributed by atoms with Gasteiger partial charge in [-0.2, -0.15) is 5.10 Å². The first-order valence-electron chi connectivity index (χ1n) is 9.37. The number of carbonyl (C=O) groups is 2. The maximum Gasteiger partial charge on any atom is 0.274 e. The molecule has 1 aliphatic rings. The number of piperazine rings is 1. The second kappa shape index (κ2) is 8.70. The predicted octanol–water partition coefficient (Wildman–Crippen LogP) is 1.43. The average molecular weight is 405 g/mol. The smallest absolute Gasteiger partial charge is 0.274 e. The molecule has 150 valence electrons. The van der Waals surface area contributed by atoms with Gasteiger partial charge in [-0.15, -0.1) is 0 Å². The third-order valence-electron chi connectivity index (χ3n) is 4.66. The Morgan fingerprint density at radius 2 is 1.89 bits per heavy atom. The fourth-order valence-corrected chi connectivity index (χ4v) is 3.46. The Kier molecular flexibility index (Phi) is 6.31. The average Bonchev–Trinajstić information content (AvgIpc) is 3.00. The number of rotatable bonds is 5. The number of nitrogens with zero attached hydrogens (tertiary/aromatic N) is 5. The molecular formula is C19H25ClN6O2. The fraction of sp³-hybridized carbons (Fsp3) is 0.474. The van der Waals surface area contributed by atoms with Gasteiger partial charge < -0.3 is 10.2 Å². The van der Waals surface area contributed by atoms with Crippen molar-refractivity contribution in [1.82, 2.24) is 29.9 Å². The van der Waals surface area contributed by atoms with Gasteiger partial charge in [-0.1, -0.05) is 11.6 Å². The summed E-state index contributed by atoms with van der Waals surface area (Å²) in [5, 5.41) is 7.53. The van der Waals surface area contributed by atoms with Crippen LogP contribution < -0.4 is 5.32 Å². The van der Waals surface area contributed by atoms with E-state index < -0.39 is 0 Å². The van der Waals surface area contributed by atoms with Crippen LogP contribution in [0.4, 0.5) is 0 Å². The van der Waals surface area contributed by atoms with Crippen LogP contribution in [0.15, 0.2) is 18.2 Å². The summed E-state index contributed by atoms with van der Waals surface area (Å²) in [7, 11) is 0. The van der Waals surface area contributed by atoms with Crippen LogP contribution in [0.1, 0.15) is 28.8 Å². The zero-order chi connectivity index (χ0) is 20.3. The van der Waals surface area contributed by atoms with Crippen LogP contribution >= 0.6 is 11.6 Å². The molecule has 2 amide bonds. The molecule has 8 nitrogen and oxygen atoms in total. The first-order chi connectivity index (χ1) is 13.4. The van der Waals surface area contributed by atoms with Crippen LogP contribution in [0.5, 0.6) is 0 Å². The van der Waals surface area contributed by atoms with Crippen molar-refractivity contribution in [3.63, 3.8) is 0 Å². The van der Waals surface area contributed by atoms with Gasteiger partial charge in [0.2, 0.25) is 5.91 Å². The van der Waals surface area contributed by atoms with Crippen molar-refractivity contribution in [2.45, 2.75) is 20.8 Å². The Morgan fingerprint density at radius 3 is 2.50 bits per heavy atom. The topological polar surface area (TPSA) is 83.4 Å². The van der Waals surface area contributed by atoms with E-state index in [4.69, 9.17) is 11.6 Å². The molecule has 1 saturated heterocycles. The lowest BCUT2D eigenvalue weighted by atomic mass is 10.2. The van der Waals surface area contributed by atoms with Crippen LogP contribution in [-0.4, -0.2) is 75.6 Å². The van der Waals surface area contributed by atoms with Gasteiger partial charge in [0.05, 0.1) is 17.3 Å². The standard InChI is InChI=1S/C19H25ClN6O2/c1-4-21-17(27)12-24-7-9-25(10-8-24)19(28)18-15(20)5-6-16(22-18)26-14(3)11-13(2)23-26/h5-6,11H,4,7-10,12H2,1-3H3,(H,21,27). The summed E-state index contributed by atoms with van der Waals surface area (Å²) in [6.45, 7) is 9.04. The number of carbonyl (C=O) groups excluding carboxylic acids is 2. The monoisotopic (exact) mass is 404 g/mol. The van der Waals surface area contributed by atoms with Crippen molar-refractivity contribution in [2.24, 2.45) is 0 Å². The number of nitrogens with one attached hydrogen (secondary N) is 1. The maximum absolute atomic E-state index is 13.0. The minimum Gasteiger partial charge on any atom is -0.355 e. The summed E-state index contributed by atoms with van der Waals surface area (Å²) in [5.74, 6) is 0.365. The van der Waals surface area contributed by atoms with Crippen molar-refractivity contribution >= 4 is 23.4 Å². The lowest BCUT2D eigenvalue weighted by Crippen LogP contribution is -2.51. The largest absolute Gasteiger partial charge is 0.355 e. The van der Waals surface area contributed by atoms with Crippen molar-refractivity contribution in [1.29, 1.82) is 0 Å². The Hall–Kier alpha value is -2.45. The molecule has 0 aromatic carbocycles. The molecule has 3 rings (SSSR count). The zero-order valence-electron chi connectivity index (χ0n) is 16.4. The third kappa shape index (κ3) is 4.51. The lowest BCUT2D eigenvalue weighted by molar-refractivity contribution is -0.122. The second-order valence-corrected chi connectivity index (χ2v) is 7.27. The van der Waals surface area contributed by atoms with Gasteiger partial charge >= 0.3 is 0 Å².